The van der Waals surface area contributed by atoms with Crippen LogP contribution in [-0.2, 0) is 26.5 Å². The van der Waals surface area contributed by atoms with Gasteiger partial charge in [-0.3, -0.25) is 0 Å². The zero-order valence-corrected chi connectivity index (χ0v) is 14.6. The molecule has 2 saturated heterocycles. The lowest BCUT2D eigenvalue weighted by atomic mass is 9.78. The molecule has 3 rings (SSSR count). The predicted molar refractivity (Wildman–Crippen MR) is 84.5 cm³/mol. The molecule has 0 aliphatic carbocycles. The van der Waals surface area contributed by atoms with Gasteiger partial charge in [-0.05, 0) is 31.6 Å². The molecule has 0 amide bonds. The standard InChI is InChI=1S/C15H25N3O4S/c1-17-11-14(16-12-17)23(19,20)18-7-5-15(6-8-18)13(3-9-21-2)4-10-22-15/h11-13H,3-10H2,1-2H3. The van der Waals surface area contributed by atoms with Crippen LogP contribution in [0.4, 0.5) is 0 Å². The molecule has 1 aromatic rings. The maximum atomic E-state index is 12.6. The van der Waals surface area contributed by atoms with Crippen molar-refractivity contribution >= 4 is 10.0 Å². The van der Waals surface area contributed by atoms with E-state index in [0.29, 0.717) is 19.0 Å². The topological polar surface area (TPSA) is 73.7 Å². The number of ether oxygens (including phenoxy) is 2. The van der Waals surface area contributed by atoms with E-state index < -0.39 is 10.0 Å². The van der Waals surface area contributed by atoms with E-state index in [1.54, 1.807) is 24.9 Å². The Kier molecular flexibility index (Phi) is 4.78. The molecule has 23 heavy (non-hydrogen) atoms. The van der Waals surface area contributed by atoms with Gasteiger partial charge in [-0.15, -0.1) is 0 Å². The van der Waals surface area contributed by atoms with Gasteiger partial charge in [-0.1, -0.05) is 0 Å². The minimum absolute atomic E-state index is 0.124. The van der Waals surface area contributed by atoms with Crippen LogP contribution in [0.1, 0.15) is 25.7 Å². The highest BCUT2D eigenvalue weighted by Crippen LogP contribution is 2.43. The van der Waals surface area contributed by atoms with Gasteiger partial charge in [-0.2, -0.15) is 4.31 Å². The van der Waals surface area contributed by atoms with Gasteiger partial charge in [0.05, 0.1) is 11.9 Å². The van der Waals surface area contributed by atoms with Gasteiger partial charge in [0.2, 0.25) is 0 Å². The van der Waals surface area contributed by atoms with E-state index in [9.17, 15) is 8.42 Å². The van der Waals surface area contributed by atoms with Crippen LogP contribution in [0.25, 0.3) is 0 Å². The molecule has 2 aliphatic rings. The molecule has 130 valence electrons. The predicted octanol–water partition coefficient (Wildman–Crippen LogP) is 1.02. The molecule has 8 heteroatoms. The second kappa shape index (κ2) is 6.51. The molecular formula is C15H25N3O4S. The number of rotatable bonds is 5. The van der Waals surface area contributed by atoms with Crippen LogP contribution in [-0.4, -0.2) is 61.3 Å². The average Bonchev–Trinajstić information content (AvgIpc) is 3.13. The van der Waals surface area contributed by atoms with E-state index in [1.165, 1.54) is 10.6 Å². The van der Waals surface area contributed by atoms with Crippen LogP contribution >= 0.6 is 0 Å². The van der Waals surface area contributed by atoms with Crippen molar-refractivity contribution < 1.29 is 17.9 Å². The van der Waals surface area contributed by atoms with Crippen molar-refractivity contribution in [3.05, 3.63) is 12.5 Å². The van der Waals surface area contributed by atoms with Crippen LogP contribution < -0.4 is 0 Å². The molecule has 0 radical (unpaired) electrons. The van der Waals surface area contributed by atoms with E-state index >= 15 is 0 Å². The van der Waals surface area contributed by atoms with Gasteiger partial charge in [-0.25, -0.2) is 13.4 Å². The van der Waals surface area contributed by atoms with E-state index in [-0.39, 0.29) is 10.6 Å². The highest BCUT2D eigenvalue weighted by Gasteiger charge is 2.47. The van der Waals surface area contributed by atoms with Crippen LogP contribution in [0.3, 0.4) is 0 Å². The van der Waals surface area contributed by atoms with E-state index in [2.05, 4.69) is 4.98 Å². The molecule has 0 saturated carbocycles. The Hall–Kier alpha value is -0.960. The summed E-state index contributed by atoms with van der Waals surface area (Å²) in [5.74, 6) is 0.460. The second-order valence-electron chi connectivity index (χ2n) is 6.46. The fourth-order valence-electron chi connectivity index (χ4n) is 3.76. The van der Waals surface area contributed by atoms with Gasteiger partial charge in [0.1, 0.15) is 0 Å². The Morgan fingerprint density at radius 2 is 2.17 bits per heavy atom. The van der Waals surface area contributed by atoms with Crippen LogP contribution in [0.2, 0.25) is 0 Å². The third-order valence-corrected chi connectivity index (χ3v) is 6.91. The Bertz CT molecular complexity index is 635. The maximum Gasteiger partial charge on any atom is 0.262 e. The molecular weight excluding hydrogens is 318 g/mol. The summed E-state index contributed by atoms with van der Waals surface area (Å²) < 4.78 is 39.7. The summed E-state index contributed by atoms with van der Waals surface area (Å²) in [6, 6.07) is 0. The maximum absolute atomic E-state index is 12.6. The van der Waals surface area contributed by atoms with Crippen LogP contribution in [0.15, 0.2) is 17.6 Å². The Labute approximate surface area is 137 Å². The van der Waals surface area contributed by atoms with Gasteiger partial charge < -0.3 is 14.0 Å². The summed E-state index contributed by atoms with van der Waals surface area (Å²) in [6.45, 7) is 2.47. The molecule has 1 atom stereocenters. The number of sulfonamides is 1. The number of methoxy groups -OCH3 is 1. The van der Waals surface area contributed by atoms with Crippen molar-refractivity contribution in [1.82, 2.24) is 13.9 Å². The third-order valence-electron chi connectivity index (χ3n) is 5.12. The summed E-state index contributed by atoms with van der Waals surface area (Å²) in [6.07, 6.45) is 6.56. The highest BCUT2D eigenvalue weighted by molar-refractivity contribution is 7.89. The van der Waals surface area contributed by atoms with Crippen molar-refractivity contribution in [2.45, 2.75) is 36.3 Å². The molecule has 1 unspecified atom stereocenters. The average molecular weight is 343 g/mol. The SMILES string of the molecule is COCCC1CCOC12CCN(S(=O)(=O)c1cn(C)cn1)CC2. The fourth-order valence-corrected chi connectivity index (χ4v) is 5.17. The van der Waals surface area contributed by atoms with E-state index in [0.717, 1.165) is 38.9 Å². The number of piperidine rings is 1. The number of aryl methyl sites for hydroxylation is 1. The molecule has 0 aromatic carbocycles. The zero-order valence-electron chi connectivity index (χ0n) is 13.8. The van der Waals surface area contributed by atoms with E-state index in [4.69, 9.17) is 9.47 Å². The monoisotopic (exact) mass is 343 g/mol. The Morgan fingerprint density at radius 1 is 1.43 bits per heavy atom. The molecule has 0 N–H and O–H groups in total. The van der Waals surface area contributed by atoms with Gasteiger partial charge in [0, 0.05) is 46.7 Å². The zero-order chi connectivity index (χ0) is 16.5. The number of nitrogens with zero attached hydrogens (tertiary/aromatic N) is 3. The summed E-state index contributed by atoms with van der Waals surface area (Å²) in [7, 11) is -0.0200. The molecule has 2 fully saturated rings. The van der Waals surface area contributed by atoms with Crippen molar-refractivity contribution in [3.8, 4) is 0 Å². The molecule has 7 nitrogen and oxygen atoms in total. The van der Waals surface area contributed by atoms with Gasteiger partial charge in [0.25, 0.3) is 10.0 Å². The first-order chi connectivity index (χ1) is 11.0. The van der Waals surface area contributed by atoms with Crippen LogP contribution in [0, 0.1) is 5.92 Å². The molecule has 1 aromatic heterocycles. The number of hydrogen-bond acceptors (Lipinski definition) is 5. The number of imidazole rings is 1. The first-order valence-electron chi connectivity index (χ1n) is 8.09. The lowest BCUT2D eigenvalue weighted by Crippen LogP contribution is -2.49. The van der Waals surface area contributed by atoms with Crippen molar-refractivity contribution in [2.75, 3.05) is 33.4 Å². The smallest absolute Gasteiger partial charge is 0.262 e. The summed E-state index contributed by atoms with van der Waals surface area (Å²) in [4.78, 5) is 3.99. The lowest BCUT2D eigenvalue weighted by Gasteiger charge is -2.41. The molecule has 3 heterocycles. The highest BCUT2D eigenvalue weighted by atomic mass is 32.2. The van der Waals surface area contributed by atoms with Gasteiger partial charge >= 0.3 is 0 Å². The number of aromatic nitrogens is 2. The molecule has 1 spiro atoms. The third kappa shape index (κ3) is 3.17. The summed E-state index contributed by atoms with van der Waals surface area (Å²) >= 11 is 0. The summed E-state index contributed by atoms with van der Waals surface area (Å²) in [5.41, 5.74) is -0.172. The minimum Gasteiger partial charge on any atom is -0.385 e. The van der Waals surface area contributed by atoms with Crippen molar-refractivity contribution in [3.63, 3.8) is 0 Å². The largest absolute Gasteiger partial charge is 0.385 e. The van der Waals surface area contributed by atoms with Crippen molar-refractivity contribution in [1.29, 1.82) is 0 Å². The minimum atomic E-state index is -3.50. The van der Waals surface area contributed by atoms with Crippen molar-refractivity contribution in [2.24, 2.45) is 13.0 Å². The number of hydrogen-bond donors (Lipinski definition) is 0. The second-order valence-corrected chi connectivity index (χ2v) is 8.35. The first-order valence-corrected chi connectivity index (χ1v) is 9.53. The Morgan fingerprint density at radius 3 is 2.78 bits per heavy atom. The normalized spacial score (nSPS) is 25.2. The first kappa shape index (κ1) is 16.9. The molecule has 2 aliphatic heterocycles. The molecule has 0 bridgehead atoms. The van der Waals surface area contributed by atoms with Gasteiger partial charge in [0.15, 0.2) is 5.03 Å². The van der Waals surface area contributed by atoms with Crippen LogP contribution in [0.5, 0.6) is 0 Å². The quantitative estimate of drug-likeness (QED) is 0.798. The fraction of sp³-hybridized carbons (Fsp3) is 0.800. The Balaban J connectivity index is 1.68. The lowest BCUT2D eigenvalue weighted by molar-refractivity contribution is -0.0603. The summed E-state index contributed by atoms with van der Waals surface area (Å²) in [5, 5.41) is 0.124. The van der Waals surface area contributed by atoms with E-state index in [1.807, 2.05) is 0 Å².